The minimum Gasteiger partial charge on any atom is -0.481 e. The summed E-state index contributed by atoms with van der Waals surface area (Å²) < 4.78 is 0. The normalized spacial score (nSPS) is 21.1. The highest BCUT2D eigenvalue weighted by molar-refractivity contribution is 5.83. The first-order valence-corrected chi connectivity index (χ1v) is 7.47. The molecule has 1 aliphatic heterocycles. The molecule has 0 radical (unpaired) electrons. The summed E-state index contributed by atoms with van der Waals surface area (Å²) in [6.45, 7) is 1.80. The molecule has 112 valence electrons. The molecule has 5 heteroatoms. The zero-order valence-corrected chi connectivity index (χ0v) is 12.0. The van der Waals surface area contributed by atoms with Crippen molar-refractivity contribution in [3.63, 3.8) is 0 Å². The van der Waals surface area contributed by atoms with Crippen molar-refractivity contribution in [1.29, 1.82) is 0 Å². The van der Waals surface area contributed by atoms with Gasteiger partial charge in [0.05, 0.1) is 12.0 Å². The van der Waals surface area contributed by atoms with Crippen LogP contribution in [0.1, 0.15) is 31.2 Å². The molecule has 1 amide bonds. The number of carbonyl (C=O) groups excluding carboxylic acids is 1. The van der Waals surface area contributed by atoms with Gasteiger partial charge in [-0.05, 0) is 30.5 Å². The Hall–Kier alpha value is -2.04. The molecule has 1 aliphatic carbocycles. The predicted octanol–water partition coefficient (Wildman–Crippen LogP) is 1.52. The number of carboxylic acids is 1. The van der Waals surface area contributed by atoms with E-state index in [1.807, 2.05) is 29.2 Å². The third-order valence-electron chi connectivity index (χ3n) is 4.69. The van der Waals surface area contributed by atoms with Crippen molar-refractivity contribution < 1.29 is 14.7 Å². The summed E-state index contributed by atoms with van der Waals surface area (Å²) in [6.07, 6.45) is 3.38. The van der Waals surface area contributed by atoms with Crippen LogP contribution in [-0.2, 0) is 15.0 Å². The van der Waals surface area contributed by atoms with Crippen LogP contribution in [-0.4, -0.2) is 36.6 Å². The van der Waals surface area contributed by atoms with E-state index in [2.05, 4.69) is 5.32 Å². The molecule has 0 bridgehead atoms. The molecule has 0 spiro atoms. The zero-order valence-electron chi connectivity index (χ0n) is 12.0. The average Bonchev–Trinajstić information content (AvgIpc) is 2.98. The van der Waals surface area contributed by atoms with E-state index in [1.165, 1.54) is 0 Å². The fourth-order valence-corrected chi connectivity index (χ4v) is 3.45. The number of benzene rings is 1. The van der Waals surface area contributed by atoms with E-state index >= 15 is 0 Å². The molecule has 1 aromatic carbocycles. The van der Waals surface area contributed by atoms with Crippen LogP contribution in [0.25, 0.3) is 0 Å². The second-order valence-corrected chi connectivity index (χ2v) is 5.91. The Balaban J connectivity index is 1.83. The lowest BCUT2D eigenvalue weighted by atomic mass is 9.79. The van der Waals surface area contributed by atoms with Gasteiger partial charge < -0.3 is 15.3 Å². The van der Waals surface area contributed by atoms with Gasteiger partial charge in [-0.3, -0.25) is 9.59 Å². The highest BCUT2D eigenvalue weighted by Gasteiger charge is 2.42. The van der Waals surface area contributed by atoms with Crippen LogP contribution in [0.3, 0.4) is 0 Å². The van der Waals surface area contributed by atoms with Crippen molar-refractivity contribution >= 4 is 17.6 Å². The van der Waals surface area contributed by atoms with E-state index < -0.39 is 11.4 Å². The van der Waals surface area contributed by atoms with Crippen LogP contribution in [0, 0.1) is 0 Å². The lowest BCUT2D eigenvalue weighted by Gasteiger charge is -2.30. The van der Waals surface area contributed by atoms with Gasteiger partial charge in [0.25, 0.3) is 0 Å². The molecule has 2 fully saturated rings. The molecular formula is C16H20N2O3. The standard InChI is InChI=1S/C16H20N2O3/c19-14-11-18(10-9-17-14)13-5-3-12(4-6-13)16(15(20)21)7-1-2-8-16/h3-6H,1-2,7-11H2,(H,17,19)(H,20,21). The number of carbonyl (C=O) groups is 2. The maximum Gasteiger partial charge on any atom is 0.314 e. The fourth-order valence-electron chi connectivity index (χ4n) is 3.45. The summed E-state index contributed by atoms with van der Waals surface area (Å²) >= 11 is 0. The lowest BCUT2D eigenvalue weighted by Crippen LogP contribution is -2.47. The smallest absolute Gasteiger partial charge is 0.314 e. The van der Waals surface area contributed by atoms with E-state index in [9.17, 15) is 14.7 Å². The Kier molecular flexibility index (Phi) is 3.57. The number of aliphatic carboxylic acids is 1. The third-order valence-corrected chi connectivity index (χ3v) is 4.69. The summed E-state index contributed by atoms with van der Waals surface area (Å²) in [5.74, 6) is -0.687. The Bertz CT molecular complexity index is 547. The van der Waals surface area contributed by atoms with Crippen molar-refractivity contribution in [1.82, 2.24) is 5.32 Å². The quantitative estimate of drug-likeness (QED) is 0.885. The number of anilines is 1. The Morgan fingerprint density at radius 1 is 1.19 bits per heavy atom. The Morgan fingerprint density at radius 2 is 1.86 bits per heavy atom. The second kappa shape index (κ2) is 5.39. The summed E-state index contributed by atoms with van der Waals surface area (Å²) in [6, 6.07) is 7.72. The van der Waals surface area contributed by atoms with Crippen molar-refractivity contribution in [2.45, 2.75) is 31.1 Å². The summed E-state index contributed by atoms with van der Waals surface area (Å²) in [5.41, 5.74) is 1.16. The minimum atomic E-state index is -0.717. The molecule has 0 aromatic heterocycles. The minimum absolute atomic E-state index is 0.0307. The van der Waals surface area contributed by atoms with Crippen LogP contribution >= 0.6 is 0 Å². The predicted molar refractivity (Wildman–Crippen MR) is 79.4 cm³/mol. The Labute approximate surface area is 123 Å². The topological polar surface area (TPSA) is 69.6 Å². The zero-order chi connectivity index (χ0) is 14.9. The van der Waals surface area contributed by atoms with E-state index in [1.54, 1.807) is 0 Å². The molecule has 0 unspecified atom stereocenters. The molecule has 2 aliphatic rings. The monoisotopic (exact) mass is 288 g/mol. The first-order valence-electron chi connectivity index (χ1n) is 7.47. The largest absolute Gasteiger partial charge is 0.481 e. The summed E-state index contributed by atoms with van der Waals surface area (Å²) in [4.78, 5) is 25.1. The highest BCUT2D eigenvalue weighted by Crippen LogP contribution is 2.41. The van der Waals surface area contributed by atoms with Crippen LogP contribution < -0.4 is 10.2 Å². The maximum absolute atomic E-state index is 11.7. The molecular weight excluding hydrogens is 268 g/mol. The number of rotatable bonds is 3. The van der Waals surface area contributed by atoms with Crippen molar-refractivity contribution in [3.8, 4) is 0 Å². The maximum atomic E-state index is 11.7. The Morgan fingerprint density at radius 3 is 2.43 bits per heavy atom. The first kappa shape index (κ1) is 13.9. The second-order valence-electron chi connectivity index (χ2n) is 5.91. The number of nitrogens with one attached hydrogen (secondary N) is 1. The molecule has 0 atom stereocenters. The highest BCUT2D eigenvalue weighted by atomic mass is 16.4. The first-order chi connectivity index (χ1) is 10.1. The molecule has 1 aromatic rings. The molecule has 1 heterocycles. The number of hydrogen-bond donors (Lipinski definition) is 2. The average molecular weight is 288 g/mol. The van der Waals surface area contributed by atoms with E-state index in [-0.39, 0.29) is 5.91 Å². The number of amides is 1. The molecule has 1 saturated heterocycles. The van der Waals surface area contributed by atoms with Crippen molar-refractivity contribution in [2.24, 2.45) is 0 Å². The van der Waals surface area contributed by atoms with Gasteiger partial charge in [-0.2, -0.15) is 0 Å². The molecule has 5 nitrogen and oxygen atoms in total. The van der Waals surface area contributed by atoms with Gasteiger partial charge in [-0.25, -0.2) is 0 Å². The van der Waals surface area contributed by atoms with Crippen molar-refractivity contribution in [3.05, 3.63) is 29.8 Å². The number of hydrogen-bond acceptors (Lipinski definition) is 3. The van der Waals surface area contributed by atoms with Crippen LogP contribution in [0.4, 0.5) is 5.69 Å². The molecule has 2 N–H and O–H groups in total. The van der Waals surface area contributed by atoms with Crippen LogP contribution in [0.15, 0.2) is 24.3 Å². The summed E-state index contributed by atoms with van der Waals surface area (Å²) in [7, 11) is 0. The van der Waals surface area contributed by atoms with Gasteiger partial charge in [-0.1, -0.05) is 25.0 Å². The van der Waals surface area contributed by atoms with Crippen LogP contribution in [0.5, 0.6) is 0 Å². The number of nitrogens with zero attached hydrogens (tertiary/aromatic N) is 1. The summed E-state index contributed by atoms with van der Waals surface area (Å²) in [5, 5.41) is 12.4. The third kappa shape index (κ3) is 2.48. The lowest BCUT2D eigenvalue weighted by molar-refractivity contribution is -0.143. The SMILES string of the molecule is O=C1CN(c2ccc(C3(C(=O)O)CCCC3)cc2)CCN1. The van der Waals surface area contributed by atoms with E-state index in [0.29, 0.717) is 25.9 Å². The van der Waals surface area contributed by atoms with Crippen molar-refractivity contribution in [2.75, 3.05) is 24.5 Å². The molecule has 1 saturated carbocycles. The van der Waals surface area contributed by atoms with E-state index in [4.69, 9.17) is 0 Å². The van der Waals surface area contributed by atoms with Gasteiger partial charge >= 0.3 is 5.97 Å². The number of carboxylic acid groups (broad SMARTS) is 1. The number of piperazine rings is 1. The molecule has 3 rings (SSSR count). The van der Waals surface area contributed by atoms with Gasteiger partial charge in [0.2, 0.25) is 5.91 Å². The van der Waals surface area contributed by atoms with Gasteiger partial charge in [-0.15, -0.1) is 0 Å². The van der Waals surface area contributed by atoms with Gasteiger partial charge in [0, 0.05) is 18.8 Å². The van der Waals surface area contributed by atoms with Crippen LogP contribution in [0.2, 0.25) is 0 Å². The van der Waals surface area contributed by atoms with E-state index in [0.717, 1.165) is 30.6 Å². The van der Waals surface area contributed by atoms with Gasteiger partial charge in [0.15, 0.2) is 0 Å². The molecule has 21 heavy (non-hydrogen) atoms. The van der Waals surface area contributed by atoms with Gasteiger partial charge in [0.1, 0.15) is 0 Å². The fraction of sp³-hybridized carbons (Fsp3) is 0.500.